The zero-order chi connectivity index (χ0) is 15.4. The van der Waals surface area contributed by atoms with E-state index in [2.05, 4.69) is 5.10 Å². The molecule has 0 amide bonds. The van der Waals surface area contributed by atoms with Crippen LogP contribution in [-0.2, 0) is 11.3 Å². The molecule has 108 valence electrons. The molecule has 0 aliphatic rings. The molecule has 0 fully saturated rings. The lowest BCUT2D eigenvalue weighted by molar-refractivity contribution is 0.0519. The van der Waals surface area contributed by atoms with Gasteiger partial charge in [0.05, 0.1) is 30.5 Å². The maximum absolute atomic E-state index is 13.3. The second-order valence-electron chi connectivity index (χ2n) is 4.26. The number of hydrogen-bond donors (Lipinski definition) is 1. The Morgan fingerprint density at radius 1 is 1.57 bits per heavy atom. The van der Waals surface area contributed by atoms with Crippen LogP contribution in [0.25, 0.3) is 0 Å². The normalized spacial score (nSPS) is 10.1. The van der Waals surface area contributed by atoms with E-state index in [9.17, 15) is 9.18 Å². The summed E-state index contributed by atoms with van der Waals surface area (Å²) in [5, 5.41) is 13.0. The predicted octanol–water partition coefficient (Wildman–Crippen LogP) is 1.70. The summed E-state index contributed by atoms with van der Waals surface area (Å²) >= 11 is 0. The van der Waals surface area contributed by atoms with Crippen molar-refractivity contribution in [2.45, 2.75) is 13.5 Å². The number of halogens is 1. The highest BCUT2D eigenvalue weighted by Gasteiger charge is 2.16. The van der Waals surface area contributed by atoms with Gasteiger partial charge in [-0.05, 0) is 30.7 Å². The minimum absolute atomic E-state index is 0.00626. The number of anilines is 1. The van der Waals surface area contributed by atoms with Crippen LogP contribution in [0.5, 0.6) is 0 Å². The van der Waals surface area contributed by atoms with Crippen LogP contribution >= 0.6 is 0 Å². The first-order chi connectivity index (χ1) is 10.0. The first-order valence-corrected chi connectivity index (χ1v) is 6.23. The maximum atomic E-state index is 13.3. The standard InChI is InChI=1S/C14H13FN4O2/c1-2-21-14(20)13-12(17)8-19(18-13)7-10-5-11(15)4-3-9(10)6-16/h3-5,8H,2,7,17H2,1H3. The SMILES string of the molecule is CCOC(=O)c1nn(Cc2cc(F)ccc2C#N)cc1N. The Hall–Kier alpha value is -2.88. The van der Waals surface area contributed by atoms with Crippen molar-refractivity contribution in [1.82, 2.24) is 9.78 Å². The number of benzene rings is 1. The van der Waals surface area contributed by atoms with Crippen molar-refractivity contribution in [2.75, 3.05) is 12.3 Å². The van der Waals surface area contributed by atoms with Crippen LogP contribution in [0.4, 0.5) is 10.1 Å². The fourth-order valence-corrected chi connectivity index (χ4v) is 1.85. The molecular weight excluding hydrogens is 275 g/mol. The summed E-state index contributed by atoms with van der Waals surface area (Å²) in [5.74, 6) is -1.07. The molecule has 0 unspecified atom stereocenters. The van der Waals surface area contributed by atoms with Crippen LogP contribution in [0.1, 0.15) is 28.5 Å². The third kappa shape index (κ3) is 3.17. The van der Waals surface area contributed by atoms with Crippen molar-refractivity contribution in [3.63, 3.8) is 0 Å². The second kappa shape index (κ2) is 6.05. The predicted molar refractivity (Wildman–Crippen MR) is 72.8 cm³/mol. The summed E-state index contributed by atoms with van der Waals surface area (Å²) in [6.07, 6.45) is 1.44. The number of carbonyl (C=O) groups is 1. The van der Waals surface area contributed by atoms with E-state index < -0.39 is 11.8 Å². The molecule has 2 N–H and O–H groups in total. The van der Waals surface area contributed by atoms with Gasteiger partial charge in [0.2, 0.25) is 0 Å². The van der Waals surface area contributed by atoms with E-state index in [1.165, 1.54) is 29.1 Å². The summed E-state index contributed by atoms with van der Waals surface area (Å²) in [6, 6.07) is 5.83. The quantitative estimate of drug-likeness (QED) is 0.864. The lowest BCUT2D eigenvalue weighted by Gasteiger charge is -2.04. The van der Waals surface area contributed by atoms with Gasteiger partial charge >= 0.3 is 5.97 Å². The second-order valence-corrected chi connectivity index (χ2v) is 4.26. The molecule has 1 aromatic carbocycles. The molecule has 0 aliphatic carbocycles. The van der Waals surface area contributed by atoms with Gasteiger partial charge in [0.1, 0.15) is 5.82 Å². The molecule has 0 atom stereocenters. The average Bonchev–Trinajstić information content (AvgIpc) is 2.80. The number of nitrogen functional groups attached to an aromatic ring is 1. The highest BCUT2D eigenvalue weighted by molar-refractivity contribution is 5.92. The van der Waals surface area contributed by atoms with Crippen LogP contribution in [0.3, 0.4) is 0 Å². The van der Waals surface area contributed by atoms with E-state index in [0.29, 0.717) is 11.1 Å². The van der Waals surface area contributed by atoms with Crippen molar-refractivity contribution in [3.8, 4) is 6.07 Å². The number of nitriles is 1. The summed E-state index contributed by atoms with van der Waals surface area (Å²) in [5.41, 5.74) is 6.67. The van der Waals surface area contributed by atoms with Crippen molar-refractivity contribution in [3.05, 3.63) is 47.0 Å². The molecule has 1 aromatic heterocycles. The van der Waals surface area contributed by atoms with Crippen LogP contribution in [0, 0.1) is 17.1 Å². The number of hydrogen-bond acceptors (Lipinski definition) is 5. The highest BCUT2D eigenvalue weighted by Crippen LogP contribution is 2.15. The monoisotopic (exact) mass is 288 g/mol. The number of ether oxygens (including phenoxy) is 1. The maximum Gasteiger partial charge on any atom is 0.361 e. The van der Waals surface area contributed by atoms with E-state index in [1.54, 1.807) is 6.92 Å². The van der Waals surface area contributed by atoms with E-state index in [0.717, 1.165) is 0 Å². The topological polar surface area (TPSA) is 93.9 Å². The lowest BCUT2D eigenvalue weighted by atomic mass is 10.1. The number of nitrogens with two attached hydrogens (primary N) is 1. The van der Waals surface area contributed by atoms with Gasteiger partial charge in [0.25, 0.3) is 0 Å². The molecular formula is C14H13FN4O2. The largest absolute Gasteiger partial charge is 0.461 e. The molecule has 0 saturated heterocycles. The number of nitrogens with zero attached hydrogens (tertiary/aromatic N) is 3. The average molecular weight is 288 g/mol. The molecule has 0 bridgehead atoms. The Morgan fingerprint density at radius 2 is 2.33 bits per heavy atom. The summed E-state index contributed by atoms with van der Waals surface area (Å²) in [7, 11) is 0. The van der Waals surface area contributed by atoms with E-state index >= 15 is 0 Å². The Labute approximate surface area is 120 Å². The van der Waals surface area contributed by atoms with E-state index in [4.69, 9.17) is 15.7 Å². The minimum atomic E-state index is -0.617. The Kier molecular flexibility index (Phi) is 4.18. The van der Waals surface area contributed by atoms with Gasteiger partial charge in [0, 0.05) is 6.20 Å². The third-order valence-electron chi connectivity index (χ3n) is 2.78. The number of carbonyl (C=O) groups excluding carboxylic acids is 1. The molecule has 2 aromatic rings. The van der Waals surface area contributed by atoms with E-state index in [1.807, 2.05) is 6.07 Å². The molecule has 1 heterocycles. The van der Waals surface area contributed by atoms with E-state index in [-0.39, 0.29) is 24.5 Å². The van der Waals surface area contributed by atoms with Crippen molar-refractivity contribution >= 4 is 11.7 Å². The Bertz CT molecular complexity index is 718. The molecule has 6 nitrogen and oxygen atoms in total. The summed E-state index contributed by atoms with van der Waals surface area (Å²) in [4.78, 5) is 11.6. The molecule has 0 saturated carbocycles. The third-order valence-corrected chi connectivity index (χ3v) is 2.78. The fraction of sp³-hybridized carbons (Fsp3) is 0.214. The van der Waals surface area contributed by atoms with Crippen LogP contribution in [0.2, 0.25) is 0 Å². The van der Waals surface area contributed by atoms with Gasteiger partial charge < -0.3 is 10.5 Å². The van der Waals surface area contributed by atoms with Gasteiger partial charge in [-0.2, -0.15) is 10.4 Å². The Morgan fingerprint density at radius 3 is 3.00 bits per heavy atom. The molecule has 2 rings (SSSR count). The summed E-state index contributed by atoms with van der Waals surface area (Å²) < 4.78 is 19.5. The van der Waals surface area contributed by atoms with Gasteiger partial charge in [-0.25, -0.2) is 9.18 Å². The number of rotatable bonds is 4. The van der Waals surface area contributed by atoms with Crippen molar-refractivity contribution < 1.29 is 13.9 Å². The van der Waals surface area contributed by atoms with Crippen LogP contribution < -0.4 is 5.73 Å². The molecule has 0 aliphatic heterocycles. The number of aromatic nitrogens is 2. The molecule has 0 spiro atoms. The molecule has 7 heteroatoms. The highest BCUT2D eigenvalue weighted by atomic mass is 19.1. The smallest absolute Gasteiger partial charge is 0.361 e. The van der Waals surface area contributed by atoms with Gasteiger partial charge in [-0.15, -0.1) is 0 Å². The van der Waals surface area contributed by atoms with Crippen LogP contribution in [-0.4, -0.2) is 22.4 Å². The Balaban J connectivity index is 2.29. The van der Waals surface area contributed by atoms with Gasteiger partial charge in [-0.3, -0.25) is 4.68 Å². The first-order valence-electron chi connectivity index (χ1n) is 6.23. The van der Waals surface area contributed by atoms with Crippen molar-refractivity contribution in [2.24, 2.45) is 0 Å². The summed E-state index contributed by atoms with van der Waals surface area (Å²) in [6.45, 7) is 2.02. The fourth-order valence-electron chi connectivity index (χ4n) is 1.85. The van der Waals surface area contributed by atoms with Crippen LogP contribution in [0.15, 0.2) is 24.4 Å². The zero-order valence-corrected chi connectivity index (χ0v) is 11.3. The van der Waals surface area contributed by atoms with Gasteiger partial charge in [-0.1, -0.05) is 0 Å². The molecule has 0 radical (unpaired) electrons. The van der Waals surface area contributed by atoms with Gasteiger partial charge in [0.15, 0.2) is 5.69 Å². The first kappa shape index (κ1) is 14.5. The zero-order valence-electron chi connectivity index (χ0n) is 11.3. The van der Waals surface area contributed by atoms with Crippen molar-refractivity contribution in [1.29, 1.82) is 5.26 Å². The minimum Gasteiger partial charge on any atom is -0.461 e. The number of esters is 1. The lowest BCUT2D eigenvalue weighted by Crippen LogP contribution is -2.09. The molecule has 21 heavy (non-hydrogen) atoms.